The van der Waals surface area contributed by atoms with E-state index >= 15 is 0 Å². The van der Waals surface area contributed by atoms with Crippen molar-refractivity contribution in [2.45, 2.75) is 27.2 Å². The Morgan fingerprint density at radius 3 is 2.32 bits per heavy atom. The third-order valence-corrected chi connectivity index (χ3v) is 4.87. The maximum Gasteiger partial charge on any atom is 0.286 e. The summed E-state index contributed by atoms with van der Waals surface area (Å²) in [4.78, 5) is 39.5. The first-order chi connectivity index (χ1) is 14.9. The highest BCUT2D eigenvalue weighted by Crippen LogP contribution is 2.29. The van der Waals surface area contributed by atoms with Crippen LogP contribution in [0.2, 0.25) is 0 Å². The first-order valence-corrected chi connectivity index (χ1v) is 10.0. The van der Waals surface area contributed by atoms with Crippen LogP contribution in [0.15, 0.2) is 54.6 Å². The van der Waals surface area contributed by atoms with Crippen LogP contribution in [0.25, 0.3) is 11.1 Å². The van der Waals surface area contributed by atoms with E-state index < -0.39 is 11.8 Å². The molecule has 0 atom stereocenters. The molecule has 1 aromatic heterocycles. The molecule has 7 heteroatoms. The van der Waals surface area contributed by atoms with E-state index in [1.54, 1.807) is 13.0 Å². The summed E-state index contributed by atoms with van der Waals surface area (Å²) in [7, 11) is 0. The van der Waals surface area contributed by atoms with Crippen LogP contribution in [0.3, 0.4) is 0 Å². The minimum atomic E-state index is -0.523. The normalized spacial score (nSPS) is 10.4. The van der Waals surface area contributed by atoms with E-state index in [0.717, 1.165) is 11.1 Å². The number of aromatic amines is 1. The molecular weight excluding hydrogens is 394 g/mol. The van der Waals surface area contributed by atoms with Crippen molar-refractivity contribution >= 4 is 17.6 Å². The second-order valence-electron chi connectivity index (χ2n) is 7.04. The van der Waals surface area contributed by atoms with Crippen LogP contribution in [0.4, 0.5) is 0 Å². The van der Waals surface area contributed by atoms with E-state index in [1.165, 1.54) is 6.92 Å². The predicted molar refractivity (Wildman–Crippen MR) is 118 cm³/mol. The molecule has 2 amide bonds. The Bertz CT molecular complexity index is 1100. The van der Waals surface area contributed by atoms with Crippen LogP contribution >= 0.6 is 0 Å². The predicted octanol–water partition coefficient (Wildman–Crippen LogP) is 3.60. The van der Waals surface area contributed by atoms with Crippen LogP contribution in [-0.4, -0.2) is 29.2 Å². The van der Waals surface area contributed by atoms with Gasteiger partial charge in [0.15, 0.2) is 12.4 Å². The summed E-state index contributed by atoms with van der Waals surface area (Å²) in [6.45, 7) is 4.79. The van der Waals surface area contributed by atoms with Crippen LogP contribution in [0, 0.1) is 6.92 Å². The van der Waals surface area contributed by atoms with Crippen molar-refractivity contribution in [2.24, 2.45) is 0 Å². The van der Waals surface area contributed by atoms with Gasteiger partial charge in [-0.05, 0) is 37.5 Å². The largest absolute Gasteiger partial charge is 0.483 e. The molecule has 0 saturated heterocycles. The third kappa shape index (κ3) is 5.01. The fraction of sp³-hybridized carbons (Fsp3) is 0.208. The minimum absolute atomic E-state index is 0.112. The molecule has 0 aliphatic rings. The highest BCUT2D eigenvalue weighted by molar-refractivity contribution is 6.03. The lowest BCUT2D eigenvalue weighted by atomic mass is 10.0. The summed E-state index contributed by atoms with van der Waals surface area (Å²) in [6, 6.07) is 17.1. The number of ketones is 1. The van der Waals surface area contributed by atoms with Crippen molar-refractivity contribution < 1.29 is 19.1 Å². The zero-order chi connectivity index (χ0) is 22.4. The number of Topliss-reactive ketones (excluding diaryl/α,β-unsaturated/α-hetero) is 1. The smallest absolute Gasteiger partial charge is 0.286 e. The highest BCUT2D eigenvalue weighted by Gasteiger charge is 2.21. The number of carbonyl (C=O) groups excluding carboxylic acids is 3. The SMILES string of the molecule is CCc1c(C(=O)NNC(=O)COc2ccccc2-c2ccccc2)[nH]c(C)c1C(C)=O. The number of hydrogen-bond acceptors (Lipinski definition) is 4. The molecular formula is C24H25N3O4. The molecule has 2 aromatic carbocycles. The van der Waals surface area contributed by atoms with Gasteiger partial charge in [0.2, 0.25) is 0 Å². The summed E-state index contributed by atoms with van der Waals surface area (Å²) >= 11 is 0. The lowest BCUT2D eigenvalue weighted by Gasteiger charge is -2.12. The topological polar surface area (TPSA) is 100 Å². The molecule has 0 aliphatic heterocycles. The number of hydrogen-bond donors (Lipinski definition) is 3. The molecule has 3 aromatic rings. The third-order valence-electron chi connectivity index (χ3n) is 4.87. The summed E-state index contributed by atoms with van der Waals surface area (Å²) in [5.41, 5.74) is 8.60. The number of ether oxygens (including phenoxy) is 1. The first kappa shape index (κ1) is 21.8. The summed E-state index contributed by atoms with van der Waals surface area (Å²) in [5, 5.41) is 0. The number of H-pyrrole nitrogens is 1. The molecule has 0 saturated carbocycles. The lowest BCUT2D eigenvalue weighted by molar-refractivity contribution is -0.123. The molecule has 0 unspecified atom stereocenters. The number of nitrogens with one attached hydrogen (secondary N) is 3. The van der Waals surface area contributed by atoms with Gasteiger partial charge >= 0.3 is 0 Å². The Kier molecular flexibility index (Phi) is 6.87. The van der Waals surface area contributed by atoms with Crippen molar-refractivity contribution in [3.63, 3.8) is 0 Å². The standard InChI is InChI=1S/C24H25N3O4/c1-4-18-22(16(3)28)15(2)25-23(18)24(30)27-26-21(29)14-31-20-13-9-8-12-19(20)17-10-6-5-7-11-17/h5-13,25H,4,14H2,1-3H3,(H,26,29)(H,27,30). The Hall–Kier alpha value is -3.87. The summed E-state index contributed by atoms with van der Waals surface area (Å²) < 4.78 is 5.68. The summed E-state index contributed by atoms with van der Waals surface area (Å²) in [6.07, 6.45) is 0.509. The molecule has 1 heterocycles. The Balaban J connectivity index is 1.62. The van der Waals surface area contributed by atoms with Gasteiger partial charge in [0.25, 0.3) is 11.8 Å². The van der Waals surface area contributed by atoms with Gasteiger partial charge in [0, 0.05) is 16.8 Å². The van der Waals surface area contributed by atoms with E-state index in [-0.39, 0.29) is 18.1 Å². The number of carbonyl (C=O) groups is 3. The van der Waals surface area contributed by atoms with Crippen molar-refractivity contribution in [3.05, 3.63) is 77.1 Å². The number of amides is 2. The minimum Gasteiger partial charge on any atom is -0.483 e. The highest BCUT2D eigenvalue weighted by atomic mass is 16.5. The molecule has 0 fully saturated rings. The van der Waals surface area contributed by atoms with E-state index in [9.17, 15) is 14.4 Å². The average Bonchev–Trinajstić information content (AvgIpc) is 3.13. The number of aromatic nitrogens is 1. The average molecular weight is 419 g/mol. The monoisotopic (exact) mass is 419 g/mol. The van der Waals surface area contributed by atoms with Gasteiger partial charge in [0.1, 0.15) is 11.4 Å². The molecule has 3 N–H and O–H groups in total. The van der Waals surface area contributed by atoms with Gasteiger partial charge in [0.05, 0.1) is 0 Å². The van der Waals surface area contributed by atoms with Gasteiger partial charge < -0.3 is 9.72 Å². The van der Waals surface area contributed by atoms with Gasteiger partial charge in [-0.2, -0.15) is 0 Å². The van der Waals surface area contributed by atoms with Crippen molar-refractivity contribution in [2.75, 3.05) is 6.61 Å². The maximum absolute atomic E-state index is 12.5. The second kappa shape index (κ2) is 9.75. The van der Waals surface area contributed by atoms with E-state index in [0.29, 0.717) is 29.0 Å². The van der Waals surface area contributed by atoms with Crippen LogP contribution in [0.5, 0.6) is 5.75 Å². The van der Waals surface area contributed by atoms with Crippen molar-refractivity contribution in [1.29, 1.82) is 0 Å². The van der Waals surface area contributed by atoms with Crippen molar-refractivity contribution in [3.8, 4) is 16.9 Å². The first-order valence-electron chi connectivity index (χ1n) is 10.0. The van der Waals surface area contributed by atoms with Gasteiger partial charge in [-0.1, -0.05) is 55.5 Å². The maximum atomic E-state index is 12.5. The molecule has 7 nitrogen and oxygen atoms in total. The number of benzene rings is 2. The van der Waals surface area contributed by atoms with E-state index in [4.69, 9.17) is 4.74 Å². The molecule has 31 heavy (non-hydrogen) atoms. The fourth-order valence-corrected chi connectivity index (χ4v) is 3.52. The van der Waals surface area contributed by atoms with Gasteiger partial charge in [-0.25, -0.2) is 0 Å². The molecule has 0 aliphatic carbocycles. The Morgan fingerprint density at radius 1 is 0.968 bits per heavy atom. The Labute approximate surface area is 180 Å². The molecule has 160 valence electrons. The Morgan fingerprint density at radius 2 is 1.65 bits per heavy atom. The van der Waals surface area contributed by atoms with E-state index in [1.807, 2.05) is 55.5 Å². The van der Waals surface area contributed by atoms with Crippen molar-refractivity contribution in [1.82, 2.24) is 15.8 Å². The number of aryl methyl sites for hydroxylation is 1. The van der Waals surface area contributed by atoms with Crippen LogP contribution in [-0.2, 0) is 11.2 Å². The van der Waals surface area contributed by atoms with Gasteiger partial charge in [-0.3, -0.25) is 25.2 Å². The zero-order valence-electron chi connectivity index (χ0n) is 17.7. The quantitative estimate of drug-likeness (QED) is 0.402. The number of para-hydroxylation sites is 1. The molecule has 0 spiro atoms. The molecule has 3 rings (SSSR count). The summed E-state index contributed by atoms with van der Waals surface area (Å²) in [5.74, 6) is -0.580. The molecule has 0 radical (unpaired) electrons. The van der Waals surface area contributed by atoms with Crippen LogP contribution in [0.1, 0.15) is 46.0 Å². The zero-order valence-corrected chi connectivity index (χ0v) is 17.7. The molecule has 0 bridgehead atoms. The van der Waals surface area contributed by atoms with E-state index in [2.05, 4.69) is 15.8 Å². The second-order valence-corrected chi connectivity index (χ2v) is 7.04. The van der Waals surface area contributed by atoms with Crippen LogP contribution < -0.4 is 15.6 Å². The number of rotatable bonds is 7. The number of hydrazine groups is 1. The fourth-order valence-electron chi connectivity index (χ4n) is 3.52. The lowest BCUT2D eigenvalue weighted by Crippen LogP contribution is -2.44. The van der Waals surface area contributed by atoms with Gasteiger partial charge in [-0.15, -0.1) is 0 Å².